The van der Waals surface area contributed by atoms with Gasteiger partial charge in [-0.2, -0.15) is 5.26 Å². The third-order valence-corrected chi connectivity index (χ3v) is 3.11. The van der Waals surface area contributed by atoms with Gasteiger partial charge in [0.2, 0.25) is 0 Å². The molecule has 0 aliphatic heterocycles. The summed E-state index contributed by atoms with van der Waals surface area (Å²) in [6.45, 7) is 0. The Kier molecular flexibility index (Phi) is 3.83. The zero-order chi connectivity index (χ0) is 13.8. The molecule has 0 fully saturated rings. The van der Waals surface area contributed by atoms with Gasteiger partial charge in [-0.3, -0.25) is 4.79 Å². The first-order valence-electron chi connectivity index (χ1n) is 5.40. The maximum Gasteiger partial charge on any atom is 0.255 e. The lowest BCUT2D eigenvalue weighted by atomic mass is 10.2. The summed E-state index contributed by atoms with van der Waals surface area (Å²) < 4.78 is 0.625. The molecule has 1 amide bonds. The van der Waals surface area contributed by atoms with Crippen molar-refractivity contribution in [1.29, 1.82) is 5.26 Å². The van der Waals surface area contributed by atoms with E-state index in [1.807, 2.05) is 6.07 Å². The van der Waals surface area contributed by atoms with E-state index in [4.69, 9.17) is 5.26 Å². The molecule has 2 aromatic carbocycles. The summed E-state index contributed by atoms with van der Waals surface area (Å²) in [6, 6.07) is 13.0. The summed E-state index contributed by atoms with van der Waals surface area (Å²) in [5.41, 5.74) is 1.42. The van der Waals surface area contributed by atoms with Gasteiger partial charge in [0, 0.05) is 10.0 Å². The average Bonchev–Trinajstić information content (AvgIpc) is 2.41. The fourth-order valence-electron chi connectivity index (χ4n) is 1.53. The Morgan fingerprint density at radius 3 is 2.68 bits per heavy atom. The van der Waals surface area contributed by atoms with Crippen LogP contribution >= 0.6 is 15.9 Å². The molecule has 0 unspecified atom stereocenters. The van der Waals surface area contributed by atoms with Gasteiger partial charge in [-0.1, -0.05) is 6.07 Å². The molecule has 94 valence electrons. The number of nitrogens with one attached hydrogen (secondary N) is 1. The lowest BCUT2D eigenvalue weighted by molar-refractivity contribution is 0.102. The predicted octanol–water partition coefficient (Wildman–Crippen LogP) is 3.28. The van der Waals surface area contributed by atoms with Crippen molar-refractivity contribution in [2.75, 3.05) is 5.32 Å². The number of phenolic OH excluding ortho intramolecular Hbond substituents is 1. The summed E-state index contributed by atoms with van der Waals surface area (Å²) >= 11 is 3.29. The monoisotopic (exact) mass is 316 g/mol. The van der Waals surface area contributed by atoms with Crippen LogP contribution in [0.25, 0.3) is 0 Å². The van der Waals surface area contributed by atoms with E-state index < -0.39 is 0 Å². The summed E-state index contributed by atoms with van der Waals surface area (Å²) in [5, 5.41) is 20.8. The van der Waals surface area contributed by atoms with Crippen LogP contribution in [0, 0.1) is 11.3 Å². The predicted molar refractivity (Wildman–Crippen MR) is 74.9 cm³/mol. The van der Waals surface area contributed by atoms with Gasteiger partial charge in [0.05, 0.1) is 17.3 Å². The lowest BCUT2D eigenvalue weighted by Gasteiger charge is -2.07. The quantitative estimate of drug-likeness (QED) is 0.893. The largest absolute Gasteiger partial charge is 0.508 e. The fraction of sp³-hybridized carbons (Fsp3) is 0. The van der Waals surface area contributed by atoms with Gasteiger partial charge < -0.3 is 10.4 Å². The number of halogens is 1. The van der Waals surface area contributed by atoms with E-state index in [1.165, 1.54) is 12.1 Å². The molecule has 2 rings (SSSR count). The second-order valence-electron chi connectivity index (χ2n) is 3.81. The smallest absolute Gasteiger partial charge is 0.255 e. The molecule has 2 aromatic rings. The molecular weight excluding hydrogens is 308 g/mol. The standard InChI is InChI=1S/C14H9BrN2O2/c15-12-6-9(8-16)4-5-13(12)17-14(19)10-2-1-3-11(18)7-10/h1-7,18H,(H,17,19). The maximum absolute atomic E-state index is 12.0. The number of anilines is 1. The number of nitriles is 1. The van der Waals surface area contributed by atoms with Gasteiger partial charge in [0.1, 0.15) is 5.75 Å². The van der Waals surface area contributed by atoms with Crippen molar-refractivity contribution in [3.8, 4) is 11.8 Å². The highest BCUT2D eigenvalue weighted by atomic mass is 79.9. The summed E-state index contributed by atoms with van der Waals surface area (Å²) in [4.78, 5) is 12.0. The maximum atomic E-state index is 12.0. The number of benzene rings is 2. The van der Waals surface area contributed by atoms with Crippen LogP contribution in [0.5, 0.6) is 5.75 Å². The zero-order valence-corrected chi connectivity index (χ0v) is 11.3. The van der Waals surface area contributed by atoms with Crippen LogP contribution in [0.3, 0.4) is 0 Å². The minimum absolute atomic E-state index is 0.0338. The van der Waals surface area contributed by atoms with Crippen LogP contribution in [-0.4, -0.2) is 11.0 Å². The third kappa shape index (κ3) is 3.12. The lowest BCUT2D eigenvalue weighted by Crippen LogP contribution is -2.12. The average molecular weight is 317 g/mol. The minimum atomic E-state index is -0.332. The molecule has 0 heterocycles. The number of amides is 1. The van der Waals surface area contributed by atoms with E-state index in [0.717, 1.165) is 0 Å². The molecule has 0 bridgehead atoms. The number of carbonyl (C=O) groups is 1. The molecule has 5 heteroatoms. The molecule has 0 spiro atoms. The van der Waals surface area contributed by atoms with Crippen molar-refractivity contribution in [1.82, 2.24) is 0 Å². The molecule has 0 saturated carbocycles. The van der Waals surface area contributed by atoms with Crippen molar-refractivity contribution in [2.45, 2.75) is 0 Å². The third-order valence-electron chi connectivity index (χ3n) is 2.45. The van der Waals surface area contributed by atoms with E-state index >= 15 is 0 Å². The van der Waals surface area contributed by atoms with Crippen molar-refractivity contribution < 1.29 is 9.90 Å². The van der Waals surface area contributed by atoms with Crippen molar-refractivity contribution in [3.05, 3.63) is 58.1 Å². The molecule has 0 aliphatic carbocycles. The van der Waals surface area contributed by atoms with Crippen LogP contribution in [0.2, 0.25) is 0 Å². The highest BCUT2D eigenvalue weighted by Crippen LogP contribution is 2.24. The summed E-state index contributed by atoms with van der Waals surface area (Å²) in [6.07, 6.45) is 0. The van der Waals surface area contributed by atoms with Gasteiger partial charge in [0.15, 0.2) is 0 Å². The normalized spacial score (nSPS) is 9.68. The Labute approximate surface area is 118 Å². The van der Waals surface area contributed by atoms with Crippen molar-refractivity contribution in [3.63, 3.8) is 0 Å². The van der Waals surface area contributed by atoms with Crippen LogP contribution in [-0.2, 0) is 0 Å². The van der Waals surface area contributed by atoms with Gasteiger partial charge in [-0.25, -0.2) is 0 Å². The van der Waals surface area contributed by atoms with E-state index in [-0.39, 0.29) is 11.7 Å². The first-order valence-corrected chi connectivity index (χ1v) is 6.19. The van der Waals surface area contributed by atoms with Crippen molar-refractivity contribution in [2.24, 2.45) is 0 Å². The molecular formula is C14H9BrN2O2. The van der Waals surface area contributed by atoms with E-state index in [2.05, 4.69) is 21.2 Å². The fourth-order valence-corrected chi connectivity index (χ4v) is 2.01. The minimum Gasteiger partial charge on any atom is -0.508 e. The number of hydrogen-bond acceptors (Lipinski definition) is 3. The number of phenols is 1. The molecule has 0 saturated heterocycles. The molecule has 4 nitrogen and oxygen atoms in total. The zero-order valence-electron chi connectivity index (χ0n) is 9.72. The first-order chi connectivity index (χ1) is 9.10. The van der Waals surface area contributed by atoms with Crippen molar-refractivity contribution >= 4 is 27.5 Å². The molecule has 0 atom stereocenters. The summed E-state index contributed by atoms with van der Waals surface area (Å²) in [5.74, 6) is -0.298. The van der Waals surface area contributed by atoms with E-state index in [9.17, 15) is 9.90 Å². The van der Waals surface area contributed by atoms with Gasteiger partial charge >= 0.3 is 0 Å². The number of carbonyl (C=O) groups excluding carboxylic acids is 1. The van der Waals surface area contributed by atoms with Gasteiger partial charge in [-0.05, 0) is 52.3 Å². The molecule has 0 aliphatic rings. The number of aromatic hydroxyl groups is 1. The molecule has 19 heavy (non-hydrogen) atoms. The summed E-state index contributed by atoms with van der Waals surface area (Å²) in [7, 11) is 0. The van der Waals surface area contributed by atoms with E-state index in [1.54, 1.807) is 30.3 Å². The Morgan fingerprint density at radius 1 is 1.26 bits per heavy atom. The Hall–Kier alpha value is -2.32. The number of rotatable bonds is 2. The first kappa shape index (κ1) is 13.1. The van der Waals surface area contributed by atoms with E-state index in [0.29, 0.717) is 21.3 Å². The van der Waals surface area contributed by atoms with Crippen LogP contribution in [0.15, 0.2) is 46.9 Å². The SMILES string of the molecule is N#Cc1ccc(NC(=O)c2cccc(O)c2)c(Br)c1. The van der Waals surface area contributed by atoms with Gasteiger partial charge in [-0.15, -0.1) is 0 Å². The second kappa shape index (κ2) is 5.55. The molecule has 2 N–H and O–H groups in total. The van der Waals surface area contributed by atoms with Crippen LogP contribution in [0.1, 0.15) is 15.9 Å². The van der Waals surface area contributed by atoms with Crippen LogP contribution in [0.4, 0.5) is 5.69 Å². The topological polar surface area (TPSA) is 73.1 Å². The Bertz CT molecular complexity index is 677. The van der Waals surface area contributed by atoms with Gasteiger partial charge in [0.25, 0.3) is 5.91 Å². The highest BCUT2D eigenvalue weighted by Gasteiger charge is 2.09. The molecule has 0 radical (unpaired) electrons. The highest BCUT2D eigenvalue weighted by molar-refractivity contribution is 9.10. The number of hydrogen-bond donors (Lipinski definition) is 2. The second-order valence-corrected chi connectivity index (χ2v) is 4.67. The molecule has 0 aromatic heterocycles. The van der Waals surface area contributed by atoms with Crippen LogP contribution < -0.4 is 5.32 Å². The Balaban J connectivity index is 2.22. The number of nitrogens with zero attached hydrogens (tertiary/aromatic N) is 1. The Morgan fingerprint density at radius 2 is 2.05 bits per heavy atom.